The number of hydrogen-bond donors (Lipinski definition) is 8. The lowest BCUT2D eigenvalue weighted by Gasteiger charge is -2.40. The molecule has 1 heterocycles. The average Bonchev–Trinajstić information content (AvgIpc) is 3.18. The lowest BCUT2D eigenvalue weighted by atomic mass is 9.98. The fourth-order valence-corrected chi connectivity index (χ4v) is 7.56. The van der Waals surface area contributed by atoms with Crippen molar-refractivity contribution in [2.45, 2.75) is 262 Å². The van der Waals surface area contributed by atoms with Crippen LogP contribution in [-0.4, -0.2) is 110 Å². The number of ether oxygens (including phenoxy) is 2. The van der Waals surface area contributed by atoms with Crippen LogP contribution in [0.4, 0.5) is 0 Å². The highest BCUT2D eigenvalue weighted by Gasteiger charge is 2.44. The van der Waals surface area contributed by atoms with Gasteiger partial charge in [0.15, 0.2) is 6.29 Å². The van der Waals surface area contributed by atoms with Gasteiger partial charge in [-0.3, -0.25) is 4.79 Å². The minimum Gasteiger partial charge on any atom is -0.394 e. The van der Waals surface area contributed by atoms with Crippen molar-refractivity contribution >= 4 is 5.91 Å². The molecule has 0 saturated carbocycles. The molecule has 1 rings (SSSR count). The van der Waals surface area contributed by atoms with E-state index in [2.05, 4.69) is 19.2 Å². The quantitative estimate of drug-likeness (QED) is 0.0300. The third-order valence-corrected chi connectivity index (χ3v) is 11.4. The number of nitrogens with one attached hydrogen (secondary N) is 1. The van der Waals surface area contributed by atoms with E-state index in [1.54, 1.807) is 0 Å². The van der Waals surface area contributed by atoms with Gasteiger partial charge < -0.3 is 50.5 Å². The van der Waals surface area contributed by atoms with E-state index in [-0.39, 0.29) is 6.42 Å². The van der Waals surface area contributed by atoms with Gasteiger partial charge in [-0.15, -0.1) is 0 Å². The normalized spacial score (nSPS) is 22.4. The van der Waals surface area contributed by atoms with Gasteiger partial charge in [-0.1, -0.05) is 194 Å². The second kappa shape index (κ2) is 35.1. The van der Waals surface area contributed by atoms with Crippen molar-refractivity contribution in [3.8, 4) is 0 Å². The molecule has 0 aromatic rings. The zero-order valence-corrected chi connectivity index (χ0v) is 35.2. The first kappa shape index (κ1) is 52.1. The summed E-state index contributed by atoms with van der Waals surface area (Å²) in [6, 6.07) is -1.16. The van der Waals surface area contributed by atoms with Crippen LogP contribution in [0.1, 0.15) is 206 Å². The molecule has 11 heteroatoms. The standard InChI is InChI=1S/C44H87NO10/c1-3-5-7-9-11-13-15-16-17-18-19-20-21-22-24-26-28-30-32-37(48)43(53)45-35(34-54-44-42(52)41(51)40(50)38(33-46)55-44)39(49)36(47)31-29-27-25-23-14-12-10-8-6-4-2/h35-42,44,46-52H,3-34H2,1-2H3,(H,45,53)/t35?,36?,37-,38?,39+,40+,41?,42?,44-/m1/s1. The van der Waals surface area contributed by atoms with Crippen LogP contribution >= 0.6 is 0 Å². The van der Waals surface area contributed by atoms with Crippen molar-refractivity contribution in [1.82, 2.24) is 5.32 Å². The van der Waals surface area contributed by atoms with Gasteiger partial charge in [-0.05, 0) is 12.8 Å². The Balaban J connectivity index is 2.41. The third kappa shape index (κ3) is 25.3. The topological polar surface area (TPSA) is 189 Å². The summed E-state index contributed by atoms with van der Waals surface area (Å²) in [6.07, 6.45) is 23.0. The van der Waals surface area contributed by atoms with E-state index in [1.807, 2.05) is 0 Å². The van der Waals surface area contributed by atoms with Crippen LogP contribution in [0.5, 0.6) is 0 Å². The molecule has 0 aromatic carbocycles. The summed E-state index contributed by atoms with van der Waals surface area (Å²) in [5.41, 5.74) is 0. The summed E-state index contributed by atoms with van der Waals surface area (Å²) in [6.45, 7) is 3.42. The maximum atomic E-state index is 13.1. The molecule has 1 aliphatic rings. The fraction of sp³-hybridized carbons (Fsp3) is 0.977. The van der Waals surface area contributed by atoms with Crippen LogP contribution in [-0.2, 0) is 14.3 Å². The molecule has 1 aliphatic heterocycles. The van der Waals surface area contributed by atoms with Crippen molar-refractivity contribution in [2.75, 3.05) is 13.2 Å². The smallest absolute Gasteiger partial charge is 0.249 e. The zero-order valence-electron chi connectivity index (χ0n) is 35.2. The molecular formula is C44H87NO10. The van der Waals surface area contributed by atoms with Crippen LogP contribution in [0.15, 0.2) is 0 Å². The first-order valence-corrected chi connectivity index (χ1v) is 22.9. The van der Waals surface area contributed by atoms with Crippen molar-refractivity contribution in [3.05, 3.63) is 0 Å². The summed E-state index contributed by atoms with van der Waals surface area (Å²) in [7, 11) is 0. The summed E-state index contributed by atoms with van der Waals surface area (Å²) in [5.74, 6) is -0.695. The number of aliphatic hydroxyl groups excluding tert-OH is 7. The summed E-state index contributed by atoms with van der Waals surface area (Å²) >= 11 is 0. The molecule has 8 N–H and O–H groups in total. The van der Waals surface area contributed by atoms with Crippen LogP contribution < -0.4 is 5.32 Å². The predicted octanol–water partition coefficient (Wildman–Crippen LogP) is 7.11. The Kier molecular flexibility index (Phi) is 33.3. The molecule has 0 aliphatic carbocycles. The summed E-state index contributed by atoms with van der Waals surface area (Å²) in [5, 5.41) is 75.5. The molecule has 328 valence electrons. The summed E-state index contributed by atoms with van der Waals surface area (Å²) in [4.78, 5) is 13.1. The molecule has 1 saturated heterocycles. The molecule has 1 amide bonds. The summed E-state index contributed by atoms with van der Waals surface area (Å²) < 4.78 is 11.1. The van der Waals surface area contributed by atoms with Gasteiger partial charge >= 0.3 is 0 Å². The predicted molar refractivity (Wildman–Crippen MR) is 220 cm³/mol. The van der Waals surface area contributed by atoms with Gasteiger partial charge in [-0.25, -0.2) is 0 Å². The second-order valence-electron chi connectivity index (χ2n) is 16.5. The van der Waals surface area contributed by atoms with E-state index in [0.717, 1.165) is 38.5 Å². The number of amides is 1. The zero-order chi connectivity index (χ0) is 40.5. The molecule has 0 spiro atoms. The molecule has 5 unspecified atom stereocenters. The van der Waals surface area contributed by atoms with Crippen molar-refractivity contribution in [3.63, 3.8) is 0 Å². The molecule has 0 radical (unpaired) electrons. The Labute approximate surface area is 335 Å². The molecule has 0 aromatic heterocycles. The van der Waals surface area contributed by atoms with Gasteiger partial charge in [0, 0.05) is 0 Å². The van der Waals surface area contributed by atoms with Crippen molar-refractivity contribution < 1.29 is 50.0 Å². The Bertz CT molecular complexity index is 866. The molecule has 11 nitrogen and oxygen atoms in total. The number of hydrogen-bond acceptors (Lipinski definition) is 10. The number of carbonyl (C=O) groups is 1. The van der Waals surface area contributed by atoms with E-state index >= 15 is 0 Å². The lowest BCUT2D eigenvalue weighted by Crippen LogP contribution is -2.60. The highest BCUT2D eigenvalue weighted by atomic mass is 16.7. The van der Waals surface area contributed by atoms with Gasteiger partial charge in [0.25, 0.3) is 0 Å². The third-order valence-electron chi connectivity index (χ3n) is 11.4. The van der Waals surface area contributed by atoms with Crippen LogP contribution in [0, 0.1) is 0 Å². The highest BCUT2D eigenvalue weighted by Crippen LogP contribution is 2.23. The fourth-order valence-electron chi connectivity index (χ4n) is 7.56. The molecular weight excluding hydrogens is 702 g/mol. The first-order chi connectivity index (χ1) is 26.7. The van der Waals surface area contributed by atoms with Gasteiger partial charge in [0.05, 0.1) is 25.4 Å². The SMILES string of the molecule is CCCCCCCCCCCCCCCCCCCC[C@@H](O)C(=O)NC(CO[C@@H]1OC(CO)[C@H](O)C(O)C1O)[C@H](O)C(O)CCCCCCCCCCCC. The Morgan fingerprint density at radius 2 is 0.945 bits per heavy atom. The van der Waals surface area contributed by atoms with Crippen LogP contribution in [0.3, 0.4) is 0 Å². The number of rotatable bonds is 38. The van der Waals surface area contributed by atoms with Gasteiger partial charge in [0.1, 0.15) is 36.6 Å². The Morgan fingerprint density at radius 1 is 0.564 bits per heavy atom. The van der Waals surface area contributed by atoms with E-state index < -0.39 is 74.2 Å². The molecule has 1 fully saturated rings. The Morgan fingerprint density at radius 3 is 1.35 bits per heavy atom. The van der Waals surface area contributed by atoms with E-state index in [1.165, 1.54) is 128 Å². The first-order valence-electron chi connectivity index (χ1n) is 22.9. The second-order valence-corrected chi connectivity index (χ2v) is 16.5. The van der Waals surface area contributed by atoms with Crippen molar-refractivity contribution in [1.29, 1.82) is 0 Å². The largest absolute Gasteiger partial charge is 0.394 e. The maximum absolute atomic E-state index is 13.1. The molecule has 9 atom stereocenters. The molecule has 55 heavy (non-hydrogen) atoms. The van der Waals surface area contributed by atoms with Crippen LogP contribution in [0.2, 0.25) is 0 Å². The van der Waals surface area contributed by atoms with Gasteiger partial charge in [-0.2, -0.15) is 0 Å². The van der Waals surface area contributed by atoms with E-state index in [0.29, 0.717) is 19.3 Å². The minimum absolute atomic E-state index is 0.266. The number of carbonyl (C=O) groups excluding carboxylic acids is 1. The van der Waals surface area contributed by atoms with E-state index in [4.69, 9.17) is 9.47 Å². The van der Waals surface area contributed by atoms with Gasteiger partial charge in [0.2, 0.25) is 5.91 Å². The average molecular weight is 790 g/mol. The highest BCUT2D eigenvalue weighted by molar-refractivity contribution is 5.80. The number of unbranched alkanes of at least 4 members (excludes halogenated alkanes) is 26. The van der Waals surface area contributed by atoms with E-state index in [9.17, 15) is 40.5 Å². The number of aliphatic hydroxyl groups is 7. The maximum Gasteiger partial charge on any atom is 0.249 e. The van der Waals surface area contributed by atoms with Crippen LogP contribution in [0.25, 0.3) is 0 Å². The lowest BCUT2D eigenvalue weighted by molar-refractivity contribution is -0.303. The minimum atomic E-state index is -1.65. The van der Waals surface area contributed by atoms with Crippen molar-refractivity contribution in [2.24, 2.45) is 0 Å². The monoisotopic (exact) mass is 790 g/mol. The Hall–Kier alpha value is -0.890. The molecule has 0 bridgehead atoms.